The quantitative estimate of drug-likeness (QED) is 0.663. The van der Waals surface area contributed by atoms with Gasteiger partial charge in [0, 0.05) is 0 Å². The summed E-state index contributed by atoms with van der Waals surface area (Å²) < 4.78 is 0. The number of carboxylic acid groups (broad SMARTS) is 1. The lowest BCUT2D eigenvalue weighted by Gasteiger charge is -1.93. The predicted molar refractivity (Wildman–Crippen MR) is 51.9 cm³/mol. The highest BCUT2D eigenvalue weighted by atomic mass is 16.4. The first-order valence-electron chi connectivity index (χ1n) is 4.07. The van der Waals surface area contributed by atoms with Crippen molar-refractivity contribution in [1.29, 1.82) is 0 Å². The summed E-state index contributed by atoms with van der Waals surface area (Å²) in [6.45, 7) is 0. The van der Waals surface area contributed by atoms with Crippen molar-refractivity contribution in [3.63, 3.8) is 0 Å². The minimum atomic E-state index is -1.01. The molecule has 1 aromatic rings. The van der Waals surface area contributed by atoms with Crippen molar-refractivity contribution in [1.82, 2.24) is 4.98 Å². The number of nitrogens with zero attached hydrogens (tertiary/aromatic N) is 1. The number of carbonyl (C=O) groups is 2. The summed E-state index contributed by atoms with van der Waals surface area (Å²) >= 11 is 0. The zero-order valence-electron chi connectivity index (χ0n) is 7.73. The molecule has 0 atom stereocenters. The largest absolute Gasteiger partial charge is 0.481 e. The molecule has 0 aliphatic carbocycles. The van der Waals surface area contributed by atoms with E-state index in [4.69, 9.17) is 10.8 Å². The molecule has 0 saturated carbocycles. The van der Waals surface area contributed by atoms with Gasteiger partial charge in [-0.05, 0) is 18.1 Å². The Morgan fingerprint density at radius 1 is 1.47 bits per heavy atom. The molecule has 0 aromatic carbocycles. The fraction of sp³-hybridized carbons (Fsp3) is 0.100. The van der Waals surface area contributed by atoms with Gasteiger partial charge in [0.25, 0.3) is 5.91 Å². The fourth-order valence-electron chi connectivity index (χ4n) is 0.852. The Kier molecular flexibility index (Phi) is 3.41. The Labute approximate surface area is 85.9 Å². The van der Waals surface area contributed by atoms with Gasteiger partial charge >= 0.3 is 5.97 Å². The zero-order chi connectivity index (χ0) is 11.3. The third-order valence-corrected chi connectivity index (χ3v) is 1.46. The van der Waals surface area contributed by atoms with Crippen LogP contribution in [0.1, 0.15) is 22.6 Å². The van der Waals surface area contributed by atoms with E-state index in [-0.39, 0.29) is 12.1 Å². The summed E-state index contributed by atoms with van der Waals surface area (Å²) in [5, 5.41) is 8.34. The number of primary amides is 1. The summed E-state index contributed by atoms with van der Waals surface area (Å²) in [6.07, 6.45) is -0.261. The molecule has 1 amide bonds. The lowest BCUT2D eigenvalue weighted by molar-refractivity contribution is -0.135. The van der Waals surface area contributed by atoms with Gasteiger partial charge in [-0.15, -0.1) is 0 Å². The molecule has 1 rings (SSSR count). The highest BCUT2D eigenvalue weighted by molar-refractivity contribution is 5.90. The maximum Gasteiger partial charge on any atom is 0.315 e. The van der Waals surface area contributed by atoms with Crippen LogP contribution in [-0.4, -0.2) is 22.0 Å². The summed E-state index contributed by atoms with van der Waals surface area (Å²) in [4.78, 5) is 24.7. The van der Waals surface area contributed by atoms with Crippen LogP contribution in [0.25, 0.3) is 0 Å². The fourth-order valence-corrected chi connectivity index (χ4v) is 0.852. The number of carbonyl (C=O) groups excluding carboxylic acids is 1. The molecule has 0 radical (unpaired) electrons. The van der Waals surface area contributed by atoms with E-state index in [1.165, 1.54) is 6.07 Å². The van der Waals surface area contributed by atoms with Crippen LogP contribution in [0, 0.1) is 11.8 Å². The van der Waals surface area contributed by atoms with Gasteiger partial charge in [-0.25, -0.2) is 4.98 Å². The summed E-state index contributed by atoms with van der Waals surface area (Å²) in [7, 11) is 0. The van der Waals surface area contributed by atoms with Gasteiger partial charge < -0.3 is 10.8 Å². The standard InChI is InChI=1S/C10H8N2O3/c11-10(15)8-5-1-3-7(12-8)4-2-6-9(13)14/h1,3,5H,6H2,(H2,11,15)(H,13,14). The first kappa shape index (κ1) is 10.7. The monoisotopic (exact) mass is 204 g/mol. The molecular formula is C10H8N2O3. The molecule has 0 aliphatic rings. The van der Waals surface area contributed by atoms with Crippen LogP contribution < -0.4 is 5.73 Å². The second-order valence-corrected chi connectivity index (χ2v) is 2.64. The van der Waals surface area contributed by atoms with Gasteiger partial charge in [0.05, 0.1) is 0 Å². The predicted octanol–water partition coefficient (Wildman–Crippen LogP) is 0.00670. The first-order valence-corrected chi connectivity index (χ1v) is 4.07. The molecule has 3 N–H and O–H groups in total. The lowest BCUT2D eigenvalue weighted by atomic mass is 10.3. The molecule has 0 saturated heterocycles. The topological polar surface area (TPSA) is 93.3 Å². The second kappa shape index (κ2) is 4.77. The molecule has 5 nitrogen and oxygen atoms in total. The Morgan fingerprint density at radius 3 is 2.80 bits per heavy atom. The Bertz CT molecular complexity index is 457. The number of rotatable bonds is 2. The van der Waals surface area contributed by atoms with E-state index >= 15 is 0 Å². The lowest BCUT2D eigenvalue weighted by Crippen LogP contribution is -2.13. The number of hydrogen-bond acceptors (Lipinski definition) is 3. The van der Waals surface area contributed by atoms with Gasteiger partial charge in [0.2, 0.25) is 0 Å². The molecule has 1 aromatic heterocycles. The highest BCUT2D eigenvalue weighted by Gasteiger charge is 2.00. The van der Waals surface area contributed by atoms with Gasteiger partial charge in [-0.1, -0.05) is 12.0 Å². The van der Waals surface area contributed by atoms with E-state index in [1.807, 2.05) is 0 Å². The molecule has 0 unspecified atom stereocenters. The molecule has 15 heavy (non-hydrogen) atoms. The maximum absolute atomic E-state index is 10.8. The molecular weight excluding hydrogens is 196 g/mol. The van der Waals surface area contributed by atoms with Crippen molar-refractivity contribution in [2.75, 3.05) is 0 Å². The third-order valence-electron chi connectivity index (χ3n) is 1.46. The molecule has 0 fully saturated rings. The molecule has 0 aliphatic heterocycles. The van der Waals surface area contributed by atoms with Crippen LogP contribution in [0.15, 0.2) is 18.2 Å². The minimum absolute atomic E-state index is 0.108. The van der Waals surface area contributed by atoms with Crippen LogP contribution in [0.4, 0.5) is 0 Å². The molecule has 1 heterocycles. The van der Waals surface area contributed by atoms with Crippen LogP contribution in [-0.2, 0) is 4.79 Å². The number of amides is 1. The minimum Gasteiger partial charge on any atom is -0.481 e. The van der Waals surface area contributed by atoms with E-state index in [0.29, 0.717) is 5.69 Å². The molecule has 76 valence electrons. The average molecular weight is 204 g/mol. The number of carboxylic acids is 1. The number of aromatic nitrogens is 1. The normalized spacial score (nSPS) is 8.80. The summed E-state index contributed by atoms with van der Waals surface area (Å²) in [5.41, 5.74) is 5.45. The Hall–Kier alpha value is -2.35. The van der Waals surface area contributed by atoms with Crippen molar-refractivity contribution in [2.24, 2.45) is 5.73 Å². The van der Waals surface area contributed by atoms with Crippen molar-refractivity contribution >= 4 is 11.9 Å². The number of pyridine rings is 1. The van der Waals surface area contributed by atoms with Gasteiger partial charge in [0.1, 0.15) is 17.8 Å². The maximum atomic E-state index is 10.8. The molecule has 0 spiro atoms. The highest BCUT2D eigenvalue weighted by Crippen LogP contribution is 1.97. The molecule has 5 heteroatoms. The van der Waals surface area contributed by atoms with Crippen molar-refractivity contribution in [3.05, 3.63) is 29.6 Å². The van der Waals surface area contributed by atoms with E-state index in [0.717, 1.165) is 0 Å². The van der Waals surface area contributed by atoms with Crippen LogP contribution in [0.3, 0.4) is 0 Å². The van der Waals surface area contributed by atoms with Crippen molar-refractivity contribution in [3.8, 4) is 11.8 Å². The summed E-state index contributed by atoms with van der Waals surface area (Å²) in [6, 6.07) is 4.61. The SMILES string of the molecule is NC(=O)c1cccc(C#CCC(=O)O)n1. The average Bonchev–Trinajstić information content (AvgIpc) is 2.17. The number of hydrogen-bond donors (Lipinski definition) is 2. The van der Waals surface area contributed by atoms with Crippen molar-refractivity contribution in [2.45, 2.75) is 6.42 Å². The number of aliphatic carboxylic acids is 1. The van der Waals surface area contributed by atoms with Gasteiger partial charge in [-0.3, -0.25) is 9.59 Å². The smallest absolute Gasteiger partial charge is 0.315 e. The van der Waals surface area contributed by atoms with Crippen LogP contribution >= 0.6 is 0 Å². The molecule has 0 bridgehead atoms. The second-order valence-electron chi connectivity index (χ2n) is 2.64. The van der Waals surface area contributed by atoms with Crippen LogP contribution in [0.2, 0.25) is 0 Å². The van der Waals surface area contributed by atoms with E-state index in [9.17, 15) is 9.59 Å². The van der Waals surface area contributed by atoms with Gasteiger partial charge in [-0.2, -0.15) is 0 Å². The van der Waals surface area contributed by atoms with E-state index < -0.39 is 11.9 Å². The Morgan fingerprint density at radius 2 is 2.20 bits per heavy atom. The third kappa shape index (κ3) is 3.48. The van der Waals surface area contributed by atoms with Crippen molar-refractivity contribution < 1.29 is 14.7 Å². The van der Waals surface area contributed by atoms with E-state index in [2.05, 4.69) is 16.8 Å². The Balaban J connectivity index is 2.85. The zero-order valence-corrected chi connectivity index (χ0v) is 7.73. The van der Waals surface area contributed by atoms with E-state index in [1.54, 1.807) is 12.1 Å². The first-order chi connectivity index (χ1) is 7.09. The summed E-state index contributed by atoms with van der Waals surface area (Å²) in [5.74, 6) is 3.28. The van der Waals surface area contributed by atoms with Crippen LogP contribution in [0.5, 0.6) is 0 Å². The number of nitrogens with two attached hydrogens (primary N) is 1. The van der Waals surface area contributed by atoms with Gasteiger partial charge in [0.15, 0.2) is 0 Å².